The Morgan fingerprint density at radius 1 is 1.33 bits per heavy atom. The van der Waals surface area contributed by atoms with E-state index in [1.807, 2.05) is 17.1 Å². The van der Waals surface area contributed by atoms with E-state index in [4.69, 9.17) is 5.73 Å². The van der Waals surface area contributed by atoms with E-state index in [1.165, 1.54) is 0 Å². The summed E-state index contributed by atoms with van der Waals surface area (Å²) >= 11 is 0. The predicted octanol–water partition coefficient (Wildman–Crippen LogP) is 2.92. The lowest BCUT2D eigenvalue weighted by atomic mass is 10.2. The Labute approximate surface area is 141 Å². The van der Waals surface area contributed by atoms with E-state index in [2.05, 4.69) is 30.0 Å². The Kier molecular flexibility index (Phi) is 4.64. The third-order valence-electron chi connectivity index (χ3n) is 4.04. The van der Waals surface area contributed by atoms with Crippen LogP contribution in [0.15, 0.2) is 30.5 Å². The highest BCUT2D eigenvalue weighted by Crippen LogP contribution is 2.23. The number of rotatable bonds is 6. The lowest BCUT2D eigenvalue weighted by molar-refractivity contribution is 0.0755. The normalized spacial score (nSPS) is 13.5. The van der Waals surface area contributed by atoms with Gasteiger partial charge >= 0.3 is 0 Å². The molecule has 0 fully saturated rings. The maximum atomic E-state index is 12.8. The van der Waals surface area contributed by atoms with Gasteiger partial charge in [-0.3, -0.25) is 4.79 Å². The molecule has 0 aliphatic heterocycles. The van der Waals surface area contributed by atoms with E-state index in [-0.39, 0.29) is 5.91 Å². The average molecular weight is 325 g/mol. The summed E-state index contributed by atoms with van der Waals surface area (Å²) in [6.45, 7) is 5.62. The third kappa shape index (κ3) is 3.04. The number of carbonyl (C=O) groups is 1. The van der Waals surface area contributed by atoms with Crippen molar-refractivity contribution in [2.75, 3.05) is 18.8 Å². The van der Waals surface area contributed by atoms with Crippen LogP contribution in [-0.4, -0.2) is 38.5 Å². The molecule has 0 unspecified atom stereocenters. The van der Waals surface area contributed by atoms with Gasteiger partial charge < -0.3 is 10.6 Å². The molecule has 0 aromatic carbocycles. The first-order valence-corrected chi connectivity index (χ1v) is 8.45. The summed E-state index contributed by atoms with van der Waals surface area (Å²) in [7, 11) is 0. The van der Waals surface area contributed by atoms with Gasteiger partial charge in [-0.15, -0.1) is 5.10 Å². The van der Waals surface area contributed by atoms with Crippen LogP contribution in [0, 0.1) is 0 Å². The fraction of sp³-hybridized carbons (Fsp3) is 0.389. The van der Waals surface area contributed by atoms with Gasteiger partial charge in [0, 0.05) is 24.9 Å². The quantitative estimate of drug-likeness (QED) is 0.886. The van der Waals surface area contributed by atoms with E-state index >= 15 is 0 Å². The summed E-state index contributed by atoms with van der Waals surface area (Å²) in [4.78, 5) is 19.1. The molecule has 1 aliphatic rings. The van der Waals surface area contributed by atoms with Crippen molar-refractivity contribution in [1.82, 2.24) is 19.5 Å². The van der Waals surface area contributed by atoms with E-state index in [9.17, 15) is 4.79 Å². The summed E-state index contributed by atoms with van der Waals surface area (Å²) in [5, 5.41) is 4.50. The van der Waals surface area contributed by atoms with Crippen LogP contribution in [0.3, 0.4) is 0 Å². The summed E-state index contributed by atoms with van der Waals surface area (Å²) in [6, 6.07) is 1.70. The number of anilines is 1. The Hall–Kier alpha value is -2.63. The summed E-state index contributed by atoms with van der Waals surface area (Å²) in [5.41, 5.74) is 8.80. The lowest BCUT2D eigenvalue weighted by Crippen LogP contribution is -2.32. The largest absolute Gasteiger partial charge is 0.396 e. The number of nitrogens with two attached hydrogens (primary N) is 1. The van der Waals surface area contributed by atoms with Gasteiger partial charge in [0.1, 0.15) is 0 Å². The van der Waals surface area contributed by atoms with Crippen LogP contribution in [0.25, 0.3) is 11.2 Å². The number of aromatic nitrogens is 3. The Bertz CT molecular complexity index is 812. The number of carbonyl (C=O) groups excluding carboxylic acids is 1. The van der Waals surface area contributed by atoms with Crippen molar-refractivity contribution in [1.29, 1.82) is 0 Å². The van der Waals surface area contributed by atoms with Crippen LogP contribution in [0.1, 0.15) is 49.3 Å². The molecule has 0 spiro atoms. The molecule has 0 saturated carbocycles. The van der Waals surface area contributed by atoms with E-state index in [0.717, 1.165) is 37.9 Å². The van der Waals surface area contributed by atoms with Gasteiger partial charge in [0.2, 0.25) is 0 Å². The maximum Gasteiger partial charge on any atom is 0.255 e. The molecule has 126 valence electrons. The molecular formula is C18H23N5O. The highest BCUT2D eigenvalue weighted by atomic mass is 16.2. The van der Waals surface area contributed by atoms with Crippen LogP contribution in [-0.2, 0) is 0 Å². The molecular weight excluding hydrogens is 302 g/mol. The Morgan fingerprint density at radius 2 is 2.08 bits per heavy atom. The summed E-state index contributed by atoms with van der Waals surface area (Å²) < 4.78 is 1.62. The van der Waals surface area contributed by atoms with Crippen molar-refractivity contribution in [3.05, 3.63) is 41.9 Å². The van der Waals surface area contributed by atoms with Gasteiger partial charge in [-0.1, -0.05) is 32.1 Å². The number of fused-ring (bicyclic) bond motifs is 1. The smallest absolute Gasteiger partial charge is 0.255 e. The standard InChI is InChI=1S/C18H23N5O/c1-3-9-22(10-4-2)18(24)14-11-15(19)17-20-16(21-23(17)12-14)13-7-5-6-8-13/h5-7,11-12H,3-4,8-10,19H2,1-2H3. The third-order valence-corrected chi connectivity index (χ3v) is 4.04. The first kappa shape index (κ1) is 16.2. The van der Waals surface area contributed by atoms with E-state index in [1.54, 1.807) is 16.8 Å². The van der Waals surface area contributed by atoms with Crippen LogP contribution in [0.4, 0.5) is 5.69 Å². The minimum absolute atomic E-state index is 0.00824. The second-order valence-electron chi connectivity index (χ2n) is 6.00. The second-order valence-corrected chi connectivity index (χ2v) is 6.00. The zero-order valence-electron chi connectivity index (χ0n) is 14.2. The minimum atomic E-state index is -0.00824. The van der Waals surface area contributed by atoms with Gasteiger partial charge in [0.25, 0.3) is 5.91 Å². The maximum absolute atomic E-state index is 12.8. The van der Waals surface area contributed by atoms with Gasteiger partial charge in [0.05, 0.1) is 11.3 Å². The zero-order valence-corrected chi connectivity index (χ0v) is 14.2. The molecule has 2 aromatic heterocycles. The predicted molar refractivity (Wildman–Crippen MR) is 95.6 cm³/mol. The number of hydrogen-bond donors (Lipinski definition) is 1. The van der Waals surface area contributed by atoms with Crippen molar-refractivity contribution in [3.63, 3.8) is 0 Å². The van der Waals surface area contributed by atoms with Gasteiger partial charge in [0.15, 0.2) is 11.5 Å². The number of hydrogen-bond acceptors (Lipinski definition) is 4. The van der Waals surface area contributed by atoms with Crippen molar-refractivity contribution < 1.29 is 4.79 Å². The molecule has 0 saturated heterocycles. The molecule has 0 atom stereocenters. The second kappa shape index (κ2) is 6.86. The number of allylic oxidation sites excluding steroid dienone is 4. The van der Waals surface area contributed by atoms with Crippen molar-refractivity contribution in [2.45, 2.75) is 33.1 Å². The molecule has 2 N–H and O–H groups in total. The number of amides is 1. The van der Waals surface area contributed by atoms with Crippen LogP contribution in [0.2, 0.25) is 0 Å². The van der Waals surface area contributed by atoms with Crippen LogP contribution in [0.5, 0.6) is 0 Å². The average Bonchev–Trinajstić information content (AvgIpc) is 3.23. The fourth-order valence-electron chi connectivity index (χ4n) is 2.91. The SMILES string of the molecule is CCCN(CCC)C(=O)c1cc(N)c2nc(C3=CC=CC3)nn2c1. The molecule has 3 rings (SSSR count). The number of nitrogens with zero attached hydrogens (tertiary/aromatic N) is 4. The monoisotopic (exact) mass is 325 g/mol. The van der Waals surface area contributed by atoms with Crippen LogP contribution < -0.4 is 5.73 Å². The van der Waals surface area contributed by atoms with E-state index < -0.39 is 0 Å². The molecule has 24 heavy (non-hydrogen) atoms. The lowest BCUT2D eigenvalue weighted by Gasteiger charge is -2.21. The molecule has 2 aromatic rings. The van der Waals surface area contributed by atoms with Gasteiger partial charge in [-0.05, 0) is 25.3 Å². The van der Waals surface area contributed by atoms with Gasteiger partial charge in [-0.2, -0.15) is 0 Å². The van der Waals surface area contributed by atoms with Crippen LogP contribution >= 0.6 is 0 Å². The Balaban J connectivity index is 1.96. The topological polar surface area (TPSA) is 76.5 Å². The molecule has 1 amide bonds. The molecule has 0 bridgehead atoms. The number of nitrogen functional groups attached to an aromatic ring is 1. The molecule has 1 aliphatic carbocycles. The molecule has 6 heteroatoms. The molecule has 2 heterocycles. The highest BCUT2D eigenvalue weighted by Gasteiger charge is 2.18. The molecule has 0 radical (unpaired) electrons. The Morgan fingerprint density at radius 3 is 2.71 bits per heavy atom. The zero-order chi connectivity index (χ0) is 17.1. The first-order valence-electron chi connectivity index (χ1n) is 8.45. The van der Waals surface area contributed by atoms with Crippen molar-refractivity contribution in [3.8, 4) is 0 Å². The van der Waals surface area contributed by atoms with Crippen molar-refractivity contribution >= 4 is 22.8 Å². The van der Waals surface area contributed by atoms with Gasteiger partial charge in [-0.25, -0.2) is 9.50 Å². The van der Waals surface area contributed by atoms with Crippen molar-refractivity contribution in [2.24, 2.45) is 0 Å². The minimum Gasteiger partial charge on any atom is -0.396 e. The molecule has 6 nitrogen and oxygen atoms in total. The fourth-order valence-corrected chi connectivity index (χ4v) is 2.91. The number of pyridine rings is 1. The first-order chi connectivity index (χ1) is 11.6. The summed E-state index contributed by atoms with van der Waals surface area (Å²) in [6.07, 6.45) is 10.5. The highest BCUT2D eigenvalue weighted by molar-refractivity contribution is 5.95. The summed E-state index contributed by atoms with van der Waals surface area (Å²) in [5.74, 6) is 0.654. The van der Waals surface area contributed by atoms with E-state index in [0.29, 0.717) is 22.7 Å².